The van der Waals surface area contributed by atoms with Crippen LogP contribution in [-0.2, 0) is 9.47 Å². The Hall–Kier alpha value is -1.16. The second kappa shape index (κ2) is 4.37. The summed E-state index contributed by atoms with van der Waals surface area (Å²) in [6.07, 6.45) is 2.68. The Morgan fingerprint density at radius 2 is 1.93 bits per heavy atom. The fourth-order valence-electron chi connectivity index (χ4n) is 1.07. The van der Waals surface area contributed by atoms with Gasteiger partial charge in [-0.15, -0.1) is 0 Å². The highest BCUT2D eigenvalue weighted by molar-refractivity contribution is 9.10. The third kappa shape index (κ3) is 2.20. The molecule has 0 amide bonds. The van der Waals surface area contributed by atoms with Crippen LogP contribution >= 0.6 is 15.9 Å². The number of para-hydroxylation sites is 1. The van der Waals surface area contributed by atoms with Crippen LogP contribution in [0, 0.1) is 0 Å². The summed E-state index contributed by atoms with van der Waals surface area (Å²) >= 11 is 3.38. The van der Waals surface area contributed by atoms with Gasteiger partial charge < -0.3 is 14.2 Å². The van der Waals surface area contributed by atoms with E-state index in [1.807, 2.05) is 24.3 Å². The first kappa shape index (κ1) is 9.40. The maximum absolute atomic E-state index is 5.48. The first-order chi connectivity index (χ1) is 6.86. The summed E-state index contributed by atoms with van der Waals surface area (Å²) in [5.41, 5.74) is 0. The smallest absolute Gasteiger partial charge is 0.273 e. The molecule has 1 aromatic rings. The van der Waals surface area contributed by atoms with Crippen molar-refractivity contribution in [2.75, 3.05) is 6.61 Å². The van der Waals surface area contributed by atoms with Crippen LogP contribution < -0.4 is 4.74 Å². The van der Waals surface area contributed by atoms with Gasteiger partial charge in [-0.3, -0.25) is 0 Å². The van der Waals surface area contributed by atoms with E-state index >= 15 is 0 Å². The van der Waals surface area contributed by atoms with E-state index in [-0.39, 0.29) is 6.29 Å². The molecule has 2 rings (SSSR count). The summed E-state index contributed by atoms with van der Waals surface area (Å²) in [7, 11) is 0. The summed E-state index contributed by atoms with van der Waals surface area (Å²) in [4.78, 5) is 0. The molecule has 3 nitrogen and oxygen atoms in total. The molecule has 0 fully saturated rings. The van der Waals surface area contributed by atoms with Crippen LogP contribution in [0.5, 0.6) is 5.75 Å². The van der Waals surface area contributed by atoms with E-state index in [0.717, 1.165) is 10.2 Å². The van der Waals surface area contributed by atoms with Gasteiger partial charge >= 0.3 is 0 Å². The molecule has 1 aliphatic rings. The van der Waals surface area contributed by atoms with Gasteiger partial charge in [-0.25, -0.2) is 0 Å². The highest BCUT2D eigenvalue weighted by atomic mass is 79.9. The molecule has 0 unspecified atom stereocenters. The summed E-state index contributed by atoms with van der Waals surface area (Å²) in [5.74, 6) is 0.784. The molecule has 74 valence electrons. The highest BCUT2D eigenvalue weighted by Crippen LogP contribution is 2.24. The van der Waals surface area contributed by atoms with Crippen LogP contribution in [0.25, 0.3) is 0 Å². The summed E-state index contributed by atoms with van der Waals surface area (Å²) < 4.78 is 16.5. The van der Waals surface area contributed by atoms with Crippen LogP contribution in [0.15, 0.2) is 41.3 Å². The first-order valence-corrected chi connectivity index (χ1v) is 4.99. The molecule has 0 bridgehead atoms. The fraction of sp³-hybridized carbons (Fsp3) is 0.200. The lowest BCUT2D eigenvalue weighted by atomic mass is 10.3. The van der Waals surface area contributed by atoms with Crippen LogP contribution in [0.1, 0.15) is 0 Å². The van der Waals surface area contributed by atoms with Gasteiger partial charge in [0.25, 0.3) is 6.29 Å². The van der Waals surface area contributed by atoms with E-state index in [2.05, 4.69) is 15.9 Å². The van der Waals surface area contributed by atoms with Crippen molar-refractivity contribution in [3.8, 4) is 5.75 Å². The Morgan fingerprint density at radius 3 is 2.64 bits per heavy atom. The first-order valence-electron chi connectivity index (χ1n) is 4.19. The zero-order valence-electron chi connectivity index (χ0n) is 7.35. The van der Waals surface area contributed by atoms with Gasteiger partial charge in [0.15, 0.2) is 6.61 Å². The normalized spacial score (nSPS) is 14.9. The van der Waals surface area contributed by atoms with Gasteiger partial charge in [0.05, 0.1) is 4.47 Å². The molecule has 14 heavy (non-hydrogen) atoms. The predicted octanol–water partition coefficient (Wildman–Crippen LogP) is 2.67. The lowest BCUT2D eigenvalue weighted by molar-refractivity contribution is -0.0521. The van der Waals surface area contributed by atoms with Crippen molar-refractivity contribution in [1.29, 1.82) is 0 Å². The minimum Gasteiger partial charge on any atom is -0.485 e. The van der Waals surface area contributed by atoms with E-state index in [4.69, 9.17) is 14.2 Å². The lowest BCUT2D eigenvalue weighted by Gasteiger charge is -2.12. The molecule has 1 aliphatic heterocycles. The fourth-order valence-corrected chi connectivity index (χ4v) is 1.47. The zero-order valence-corrected chi connectivity index (χ0v) is 8.94. The Morgan fingerprint density at radius 1 is 1.21 bits per heavy atom. The molecule has 1 aromatic carbocycles. The van der Waals surface area contributed by atoms with E-state index < -0.39 is 0 Å². The molecule has 4 heteroatoms. The molecule has 1 heterocycles. The summed E-state index contributed by atoms with van der Waals surface area (Å²) in [5, 5.41) is 0. The number of hydrogen-bond acceptors (Lipinski definition) is 3. The van der Waals surface area contributed by atoms with Crippen molar-refractivity contribution >= 4 is 15.9 Å². The molecule has 0 aromatic heterocycles. The number of rotatable bonds is 3. The summed E-state index contributed by atoms with van der Waals surface area (Å²) in [6, 6.07) is 7.65. The SMILES string of the molecule is Brc1ccccc1OCC1OC=CO1. The monoisotopic (exact) mass is 256 g/mol. The van der Waals surface area contributed by atoms with Crippen molar-refractivity contribution in [2.24, 2.45) is 0 Å². The van der Waals surface area contributed by atoms with Crippen molar-refractivity contribution in [3.63, 3.8) is 0 Å². The van der Waals surface area contributed by atoms with Gasteiger partial charge in [0, 0.05) is 0 Å². The van der Waals surface area contributed by atoms with Gasteiger partial charge in [0.1, 0.15) is 18.3 Å². The number of hydrogen-bond donors (Lipinski definition) is 0. The molecule has 0 spiro atoms. The van der Waals surface area contributed by atoms with Crippen LogP contribution in [0.3, 0.4) is 0 Å². The molecular weight excluding hydrogens is 248 g/mol. The largest absolute Gasteiger partial charge is 0.485 e. The van der Waals surface area contributed by atoms with E-state index in [9.17, 15) is 0 Å². The van der Waals surface area contributed by atoms with Crippen molar-refractivity contribution in [3.05, 3.63) is 41.3 Å². The molecule has 0 radical (unpaired) electrons. The number of benzene rings is 1. The van der Waals surface area contributed by atoms with Crippen LogP contribution in [0.4, 0.5) is 0 Å². The van der Waals surface area contributed by atoms with Gasteiger partial charge in [-0.2, -0.15) is 0 Å². The van der Waals surface area contributed by atoms with Gasteiger partial charge in [-0.1, -0.05) is 12.1 Å². The van der Waals surface area contributed by atoms with Crippen LogP contribution in [-0.4, -0.2) is 12.9 Å². The molecule has 0 saturated carbocycles. The second-order valence-corrected chi connectivity index (χ2v) is 3.57. The van der Waals surface area contributed by atoms with Crippen LogP contribution in [0.2, 0.25) is 0 Å². The third-order valence-electron chi connectivity index (χ3n) is 1.73. The average molecular weight is 257 g/mol. The Kier molecular flexibility index (Phi) is 2.93. The number of ether oxygens (including phenoxy) is 3. The molecule has 0 N–H and O–H groups in total. The second-order valence-electron chi connectivity index (χ2n) is 2.72. The molecule has 0 saturated heterocycles. The molecule has 0 atom stereocenters. The summed E-state index contributed by atoms with van der Waals surface area (Å²) in [6.45, 7) is 0.371. The zero-order chi connectivity index (χ0) is 9.80. The topological polar surface area (TPSA) is 27.7 Å². The van der Waals surface area contributed by atoms with Crippen molar-refractivity contribution < 1.29 is 14.2 Å². The van der Waals surface area contributed by atoms with Crippen molar-refractivity contribution in [1.82, 2.24) is 0 Å². The lowest BCUT2D eigenvalue weighted by Crippen LogP contribution is -2.18. The minimum atomic E-state index is -0.331. The number of halogens is 1. The predicted molar refractivity (Wildman–Crippen MR) is 54.7 cm³/mol. The average Bonchev–Trinajstić information content (AvgIpc) is 2.69. The Balaban J connectivity index is 1.88. The standard InChI is InChI=1S/C10H9BrO3/c11-8-3-1-2-4-9(8)14-7-10-12-5-6-13-10/h1-6,10H,7H2. The minimum absolute atomic E-state index is 0.331. The van der Waals surface area contributed by atoms with Crippen molar-refractivity contribution in [2.45, 2.75) is 6.29 Å². The van der Waals surface area contributed by atoms with Gasteiger partial charge in [-0.05, 0) is 28.1 Å². The highest BCUT2D eigenvalue weighted by Gasteiger charge is 2.13. The quantitative estimate of drug-likeness (QED) is 0.833. The third-order valence-corrected chi connectivity index (χ3v) is 2.38. The maximum atomic E-state index is 5.48. The molecule has 0 aliphatic carbocycles. The van der Waals surface area contributed by atoms with E-state index in [1.165, 1.54) is 12.5 Å². The van der Waals surface area contributed by atoms with E-state index in [1.54, 1.807) is 0 Å². The Bertz CT molecular complexity index is 330. The van der Waals surface area contributed by atoms with E-state index in [0.29, 0.717) is 6.61 Å². The maximum Gasteiger partial charge on any atom is 0.273 e. The Labute approximate surface area is 90.4 Å². The van der Waals surface area contributed by atoms with Gasteiger partial charge in [0.2, 0.25) is 0 Å². The molecular formula is C10H9BrO3.